The Hall–Kier alpha value is -1.90. The number of carbonyl (C=O) groups is 1. The quantitative estimate of drug-likeness (QED) is 0.189. The molecule has 7 nitrogen and oxygen atoms in total. The predicted octanol–water partition coefficient (Wildman–Crippen LogP) is 6.24. The van der Waals surface area contributed by atoms with Crippen molar-refractivity contribution in [3.8, 4) is 11.5 Å². The second-order valence-corrected chi connectivity index (χ2v) is 13.1. The largest absolute Gasteiger partial charge is 0.496 e. The third kappa shape index (κ3) is 6.44. The molecule has 0 bridgehead atoms. The summed E-state index contributed by atoms with van der Waals surface area (Å²) in [6.45, 7) is 7.94. The number of hydrogen-bond acceptors (Lipinski definition) is 7. The van der Waals surface area contributed by atoms with Crippen LogP contribution in [-0.2, 0) is 9.53 Å². The minimum Gasteiger partial charge on any atom is -0.496 e. The number of aromatic nitrogens is 1. The molecule has 1 atom stereocenters. The number of benzene rings is 2. The maximum Gasteiger partial charge on any atom is 0.338 e. The van der Waals surface area contributed by atoms with Gasteiger partial charge >= 0.3 is 5.97 Å². The van der Waals surface area contributed by atoms with E-state index in [1.54, 1.807) is 36.8 Å². The highest BCUT2D eigenvalue weighted by Gasteiger charge is 2.36. The van der Waals surface area contributed by atoms with E-state index in [0.29, 0.717) is 43.4 Å². The van der Waals surface area contributed by atoms with Gasteiger partial charge in [-0.15, -0.1) is 0 Å². The van der Waals surface area contributed by atoms with Gasteiger partial charge in [0.2, 0.25) is 0 Å². The Bertz CT molecular complexity index is 1640. The predicted molar refractivity (Wildman–Crippen MR) is 175 cm³/mol. The molecule has 1 aliphatic rings. The zero-order chi connectivity index (χ0) is 29.1. The molecule has 0 saturated heterocycles. The summed E-state index contributed by atoms with van der Waals surface area (Å²) in [6, 6.07) is 8.35. The van der Waals surface area contributed by atoms with Gasteiger partial charge in [0, 0.05) is 10.6 Å². The zero-order valence-corrected chi connectivity index (χ0v) is 28.6. The number of esters is 1. The van der Waals surface area contributed by atoms with E-state index in [1.807, 2.05) is 39.0 Å². The fraction of sp³-hybridized carbons (Fsp3) is 0.345. The SMILES string of the molecule is CCCC1=C(C(=O)OCC)[C@H](c2cc(Cl)ccc2OC)n2c(s/c(=C/c3cc(I)c(OC(C)C)c(I)c3)c2=O)=N1. The Morgan fingerprint density at radius 1 is 1.20 bits per heavy atom. The second-order valence-electron chi connectivity index (χ2n) is 9.28. The lowest BCUT2D eigenvalue weighted by molar-refractivity contribution is -0.139. The van der Waals surface area contributed by atoms with Crippen molar-refractivity contribution in [3.05, 3.63) is 84.6 Å². The van der Waals surface area contributed by atoms with Gasteiger partial charge in [-0.3, -0.25) is 9.36 Å². The van der Waals surface area contributed by atoms with E-state index in [9.17, 15) is 9.59 Å². The zero-order valence-electron chi connectivity index (χ0n) is 22.7. The van der Waals surface area contributed by atoms with Crippen molar-refractivity contribution in [2.75, 3.05) is 13.7 Å². The summed E-state index contributed by atoms with van der Waals surface area (Å²) < 4.78 is 21.1. The first-order chi connectivity index (χ1) is 19.1. The molecule has 0 spiro atoms. The van der Waals surface area contributed by atoms with Crippen LogP contribution in [-0.4, -0.2) is 30.4 Å². The van der Waals surface area contributed by atoms with Crippen LogP contribution in [0.4, 0.5) is 0 Å². The van der Waals surface area contributed by atoms with E-state index in [4.69, 9.17) is 30.8 Å². The molecular formula is C29H29ClI2N2O5S. The molecule has 40 heavy (non-hydrogen) atoms. The fourth-order valence-electron chi connectivity index (χ4n) is 4.50. The molecule has 212 valence electrons. The minimum atomic E-state index is -0.810. The highest BCUT2D eigenvalue weighted by Crippen LogP contribution is 2.38. The summed E-state index contributed by atoms with van der Waals surface area (Å²) in [7, 11) is 1.55. The average Bonchev–Trinajstić information content (AvgIpc) is 3.20. The molecule has 1 aliphatic heterocycles. The summed E-state index contributed by atoms with van der Waals surface area (Å²) in [4.78, 5) is 32.8. The highest BCUT2D eigenvalue weighted by atomic mass is 127. The molecule has 2 aromatic carbocycles. The summed E-state index contributed by atoms with van der Waals surface area (Å²) in [5.41, 5.74) is 2.11. The lowest BCUT2D eigenvalue weighted by atomic mass is 9.93. The second kappa shape index (κ2) is 13.4. The number of allylic oxidation sites excluding steroid dienone is 1. The number of methoxy groups -OCH3 is 1. The Morgan fingerprint density at radius 2 is 1.90 bits per heavy atom. The van der Waals surface area contributed by atoms with Crippen LogP contribution in [0, 0.1) is 7.14 Å². The molecule has 0 N–H and O–H groups in total. The number of hydrogen-bond donors (Lipinski definition) is 0. The fourth-order valence-corrected chi connectivity index (χ4v) is 7.77. The third-order valence-electron chi connectivity index (χ3n) is 6.05. The van der Waals surface area contributed by atoms with Crippen LogP contribution >= 0.6 is 68.1 Å². The van der Waals surface area contributed by atoms with Gasteiger partial charge in [0.1, 0.15) is 17.5 Å². The summed E-state index contributed by atoms with van der Waals surface area (Å²) in [6.07, 6.45) is 3.21. The molecule has 2 heterocycles. The molecule has 1 aromatic heterocycles. The summed E-state index contributed by atoms with van der Waals surface area (Å²) in [5, 5.41) is 0.461. The van der Waals surface area contributed by atoms with Gasteiger partial charge < -0.3 is 14.2 Å². The Kier molecular flexibility index (Phi) is 10.4. The topological polar surface area (TPSA) is 79.1 Å². The standard InChI is InChI=1S/C29H29ClI2N2O5S/c1-6-8-21-24(28(36)38-7-2)25(18-14-17(30)9-10-22(18)37-5)34-27(35)23(40-29(34)33-21)13-16-11-19(31)26(20(32)12-16)39-15(3)4/h9-15,25H,6-8H2,1-5H3/b23-13+/t25-/m0/s1. The van der Waals surface area contributed by atoms with Crippen molar-refractivity contribution < 1.29 is 19.0 Å². The van der Waals surface area contributed by atoms with Crippen LogP contribution in [0.3, 0.4) is 0 Å². The number of rotatable bonds is 9. The highest BCUT2D eigenvalue weighted by molar-refractivity contribution is 14.1. The number of fused-ring (bicyclic) bond motifs is 1. The van der Waals surface area contributed by atoms with E-state index >= 15 is 0 Å². The van der Waals surface area contributed by atoms with Gasteiger partial charge in [0.05, 0.1) is 42.8 Å². The number of halogens is 3. The van der Waals surface area contributed by atoms with E-state index in [1.165, 1.54) is 11.3 Å². The third-order valence-corrected chi connectivity index (χ3v) is 8.87. The first kappa shape index (κ1) is 31.0. The molecule has 0 radical (unpaired) electrons. The molecule has 0 fully saturated rings. The van der Waals surface area contributed by atoms with Crippen LogP contribution in [0.5, 0.6) is 11.5 Å². The smallest absolute Gasteiger partial charge is 0.338 e. The Labute approximate surface area is 269 Å². The first-order valence-corrected chi connectivity index (χ1v) is 16.2. The van der Waals surface area contributed by atoms with Crippen LogP contribution in [0.2, 0.25) is 5.02 Å². The molecule has 0 unspecified atom stereocenters. The minimum absolute atomic E-state index is 0.0472. The van der Waals surface area contributed by atoms with Crippen LogP contribution in [0.25, 0.3) is 6.08 Å². The van der Waals surface area contributed by atoms with Gasteiger partial charge in [-0.25, -0.2) is 9.79 Å². The molecule has 11 heteroatoms. The number of nitrogens with zero attached hydrogens (tertiary/aromatic N) is 2. The van der Waals surface area contributed by atoms with Crippen molar-refractivity contribution in [1.82, 2.24) is 4.57 Å². The van der Waals surface area contributed by atoms with Crippen molar-refractivity contribution in [1.29, 1.82) is 0 Å². The first-order valence-electron chi connectivity index (χ1n) is 12.8. The van der Waals surface area contributed by atoms with E-state index in [2.05, 4.69) is 45.2 Å². The molecule has 0 saturated carbocycles. The number of ether oxygens (including phenoxy) is 3. The maximum absolute atomic E-state index is 14.1. The van der Waals surface area contributed by atoms with Gasteiger partial charge in [-0.2, -0.15) is 0 Å². The molecule has 0 aliphatic carbocycles. The lowest BCUT2D eigenvalue weighted by Gasteiger charge is -2.27. The van der Waals surface area contributed by atoms with Gasteiger partial charge in [-0.1, -0.05) is 36.3 Å². The van der Waals surface area contributed by atoms with E-state index in [-0.39, 0.29) is 18.3 Å². The maximum atomic E-state index is 14.1. The van der Waals surface area contributed by atoms with Gasteiger partial charge in [-0.05, 0) is 114 Å². The number of carbonyl (C=O) groups excluding carboxylic acids is 1. The molecular weight excluding hydrogens is 778 g/mol. The molecule has 0 amide bonds. The van der Waals surface area contributed by atoms with Crippen molar-refractivity contribution in [2.45, 2.75) is 52.7 Å². The van der Waals surface area contributed by atoms with Crippen LogP contribution in [0.1, 0.15) is 57.7 Å². The van der Waals surface area contributed by atoms with Crippen molar-refractivity contribution >= 4 is 80.2 Å². The summed E-state index contributed by atoms with van der Waals surface area (Å²) >= 11 is 12.2. The van der Waals surface area contributed by atoms with Gasteiger partial charge in [0.25, 0.3) is 5.56 Å². The summed E-state index contributed by atoms with van der Waals surface area (Å²) in [5.74, 6) is 0.820. The lowest BCUT2D eigenvalue weighted by Crippen LogP contribution is -2.40. The average molecular weight is 807 g/mol. The monoisotopic (exact) mass is 806 g/mol. The normalized spacial score (nSPS) is 15.2. The van der Waals surface area contributed by atoms with E-state index in [0.717, 1.165) is 24.9 Å². The van der Waals surface area contributed by atoms with Crippen LogP contribution in [0.15, 0.2) is 51.4 Å². The number of thiazole rings is 1. The van der Waals surface area contributed by atoms with Gasteiger partial charge in [0.15, 0.2) is 4.80 Å². The van der Waals surface area contributed by atoms with Crippen LogP contribution < -0.4 is 24.4 Å². The molecule has 3 aromatic rings. The Balaban J connectivity index is 2.00. The van der Waals surface area contributed by atoms with E-state index < -0.39 is 12.0 Å². The van der Waals surface area contributed by atoms with Crippen molar-refractivity contribution in [2.24, 2.45) is 4.99 Å². The Morgan fingerprint density at radius 3 is 2.50 bits per heavy atom. The van der Waals surface area contributed by atoms with Crippen molar-refractivity contribution in [3.63, 3.8) is 0 Å². The molecule has 4 rings (SSSR count).